The topological polar surface area (TPSA) is 124 Å². The van der Waals surface area contributed by atoms with Crippen molar-refractivity contribution in [1.29, 1.82) is 0 Å². The van der Waals surface area contributed by atoms with Crippen molar-refractivity contribution in [3.63, 3.8) is 0 Å². The maximum absolute atomic E-state index is 12.0. The molecular weight excluding hydrogens is 398 g/mol. The molecule has 0 spiro atoms. The minimum atomic E-state index is -0.202. The van der Waals surface area contributed by atoms with Gasteiger partial charge in [-0.2, -0.15) is 20.1 Å². The molecular formula is C20H21N9O2. The van der Waals surface area contributed by atoms with Gasteiger partial charge in [0.25, 0.3) is 5.91 Å². The van der Waals surface area contributed by atoms with Crippen LogP contribution in [0.2, 0.25) is 0 Å². The van der Waals surface area contributed by atoms with E-state index in [2.05, 4.69) is 30.9 Å². The highest BCUT2D eigenvalue weighted by atomic mass is 16.5. The second-order valence-electron chi connectivity index (χ2n) is 7.30. The molecule has 11 nitrogen and oxygen atoms in total. The van der Waals surface area contributed by atoms with Gasteiger partial charge in [0.2, 0.25) is 0 Å². The second kappa shape index (κ2) is 7.76. The maximum Gasteiger partial charge on any atom is 0.252 e. The summed E-state index contributed by atoms with van der Waals surface area (Å²) < 4.78 is 7.20. The van der Waals surface area contributed by atoms with Gasteiger partial charge >= 0.3 is 0 Å². The maximum atomic E-state index is 12.0. The van der Waals surface area contributed by atoms with Crippen LogP contribution in [-0.4, -0.2) is 66.8 Å². The van der Waals surface area contributed by atoms with Crippen molar-refractivity contribution in [2.45, 2.75) is 12.5 Å². The first-order chi connectivity index (χ1) is 15.1. The number of carbonyl (C=O) groups excluding carboxylic acids is 1. The highest BCUT2D eigenvalue weighted by molar-refractivity contribution is 5.95. The average molecular weight is 419 g/mol. The van der Waals surface area contributed by atoms with E-state index in [1.54, 1.807) is 43.3 Å². The van der Waals surface area contributed by atoms with Gasteiger partial charge in [-0.25, -0.2) is 9.50 Å². The highest BCUT2D eigenvalue weighted by Crippen LogP contribution is 2.30. The van der Waals surface area contributed by atoms with E-state index in [1.807, 2.05) is 6.20 Å². The van der Waals surface area contributed by atoms with E-state index in [0.717, 1.165) is 29.7 Å². The summed E-state index contributed by atoms with van der Waals surface area (Å²) in [6.45, 7) is 1.34. The first-order valence-corrected chi connectivity index (χ1v) is 9.89. The van der Waals surface area contributed by atoms with Crippen LogP contribution in [0.3, 0.4) is 0 Å². The minimum absolute atomic E-state index is 0.162. The Hall–Kier alpha value is -3.86. The second-order valence-corrected chi connectivity index (χ2v) is 7.30. The SMILES string of the molecule is CNC(=O)c1cncc(-c2cnn3cc(-c4cnn(C)n4)c(N[C@H]4CCOC4)nc23)c1. The lowest BCUT2D eigenvalue weighted by atomic mass is 10.1. The Labute approximate surface area is 177 Å². The molecule has 2 N–H and O–H groups in total. The largest absolute Gasteiger partial charge is 0.379 e. The predicted octanol–water partition coefficient (Wildman–Crippen LogP) is 1.15. The quantitative estimate of drug-likeness (QED) is 0.494. The smallest absolute Gasteiger partial charge is 0.252 e. The monoisotopic (exact) mass is 419 g/mol. The number of hydrogen-bond acceptors (Lipinski definition) is 8. The molecule has 31 heavy (non-hydrogen) atoms. The van der Waals surface area contributed by atoms with E-state index in [1.165, 1.54) is 11.0 Å². The molecule has 0 saturated carbocycles. The van der Waals surface area contributed by atoms with Gasteiger partial charge < -0.3 is 15.4 Å². The number of nitrogens with zero attached hydrogens (tertiary/aromatic N) is 7. The lowest BCUT2D eigenvalue weighted by Crippen LogP contribution is -2.20. The summed E-state index contributed by atoms with van der Waals surface area (Å²) in [6.07, 6.45) is 9.41. The van der Waals surface area contributed by atoms with Gasteiger partial charge in [0.15, 0.2) is 5.65 Å². The van der Waals surface area contributed by atoms with Crippen molar-refractivity contribution in [3.05, 3.63) is 42.6 Å². The molecule has 0 aliphatic carbocycles. The van der Waals surface area contributed by atoms with Gasteiger partial charge in [0.1, 0.15) is 11.5 Å². The number of pyridine rings is 1. The number of nitrogens with one attached hydrogen (secondary N) is 2. The number of aryl methyl sites for hydroxylation is 1. The summed E-state index contributed by atoms with van der Waals surface area (Å²) in [7, 11) is 3.36. The van der Waals surface area contributed by atoms with Crippen LogP contribution in [0.5, 0.6) is 0 Å². The number of rotatable bonds is 5. The molecule has 1 aliphatic rings. The summed E-state index contributed by atoms with van der Waals surface area (Å²) in [4.78, 5) is 22.6. The Morgan fingerprint density at radius 1 is 1.19 bits per heavy atom. The molecule has 1 amide bonds. The van der Waals surface area contributed by atoms with Crippen LogP contribution in [0, 0.1) is 0 Å². The first kappa shape index (κ1) is 19.1. The highest BCUT2D eigenvalue weighted by Gasteiger charge is 2.21. The van der Waals surface area contributed by atoms with Gasteiger partial charge in [-0.05, 0) is 12.5 Å². The Morgan fingerprint density at radius 3 is 2.84 bits per heavy atom. The third-order valence-electron chi connectivity index (χ3n) is 5.18. The molecule has 11 heteroatoms. The van der Waals surface area contributed by atoms with Crippen molar-refractivity contribution in [1.82, 2.24) is 39.9 Å². The first-order valence-electron chi connectivity index (χ1n) is 9.89. The zero-order valence-corrected chi connectivity index (χ0v) is 17.1. The Morgan fingerprint density at radius 2 is 2.10 bits per heavy atom. The number of carbonyl (C=O) groups is 1. The van der Waals surface area contributed by atoms with Crippen LogP contribution >= 0.6 is 0 Å². The molecule has 158 valence electrons. The molecule has 4 aromatic heterocycles. The molecule has 4 aromatic rings. The molecule has 1 aliphatic heterocycles. The summed E-state index contributed by atoms with van der Waals surface area (Å²) in [5.41, 5.74) is 4.13. The molecule has 5 heterocycles. The van der Waals surface area contributed by atoms with Crippen LogP contribution in [0.4, 0.5) is 5.82 Å². The molecule has 1 fully saturated rings. The fraction of sp³-hybridized carbons (Fsp3) is 0.300. The fourth-order valence-electron chi connectivity index (χ4n) is 3.58. The van der Waals surface area contributed by atoms with Crippen LogP contribution in [0.15, 0.2) is 37.1 Å². The number of hydrogen-bond donors (Lipinski definition) is 2. The van der Waals surface area contributed by atoms with Gasteiger partial charge in [0.05, 0.1) is 36.2 Å². The lowest BCUT2D eigenvalue weighted by Gasteiger charge is -2.15. The molecule has 1 atom stereocenters. The zero-order valence-electron chi connectivity index (χ0n) is 17.1. The number of amides is 1. The van der Waals surface area contributed by atoms with E-state index in [0.29, 0.717) is 29.3 Å². The van der Waals surface area contributed by atoms with Crippen molar-refractivity contribution < 1.29 is 9.53 Å². The van der Waals surface area contributed by atoms with Crippen LogP contribution in [0.1, 0.15) is 16.8 Å². The van der Waals surface area contributed by atoms with E-state index < -0.39 is 0 Å². The number of aromatic nitrogens is 7. The van der Waals surface area contributed by atoms with E-state index in [4.69, 9.17) is 9.72 Å². The van der Waals surface area contributed by atoms with Gasteiger partial charge in [-0.15, -0.1) is 0 Å². The standard InChI is InChI=1S/C20H21N9O2/c1-21-20(30)13-5-12(6-22-7-13)15-8-24-29-10-16(17-9-23-28(2)27-17)18(26-19(15)29)25-14-3-4-31-11-14/h5-10,14H,3-4,11H2,1-2H3,(H,21,30)(H,25,26)/t14-/m0/s1. The number of anilines is 1. The van der Waals surface area contributed by atoms with Crippen molar-refractivity contribution in [3.8, 4) is 22.4 Å². The fourth-order valence-corrected chi connectivity index (χ4v) is 3.58. The molecule has 1 saturated heterocycles. The molecule has 0 unspecified atom stereocenters. The third-order valence-corrected chi connectivity index (χ3v) is 5.18. The molecule has 5 rings (SSSR count). The van der Waals surface area contributed by atoms with Crippen LogP contribution < -0.4 is 10.6 Å². The summed E-state index contributed by atoms with van der Waals surface area (Å²) in [5.74, 6) is 0.480. The van der Waals surface area contributed by atoms with Crippen LogP contribution in [-0.2, 0) is 11.8 Å². The van der Waals surface area contributed by atoms with Crippen LogP contribution in [0.25, 0.3) is 28.0 Å². The van der Waals surface area contributed by atoms with E-state index in [-0.39, 0.29) is 11.9 Å². The normalized spacial score (nSPS) is 16.0. The van der Waals surface area contributed by atoms with Gasteiger partial charge in [-0.1, -0.05) is 0 Å². The van der Waals surface area contributed by atoms with Crippen molar-refractivity contribution >= 4 is 17.4 Å². The summed E-state index contributed by atoms with van der Waals surface area (Å²) in [5, 5.41) is 19.2. The zero-order chi connectivity index (χ0) is 21.4. The molecule has 0 radical (unpaired) electrons. The van der Waals surface area contributed by atoms with Gasteiger partial charge in [0, 0.05) is 50.4 Å². The predicted molar refractivity (Wildman–Crippen MR) is 112 cm³/mol. The number of fused-ring (bicyclic) bond motifs is 1. The Kier molecular flexibility index (Phi) is 4.79. The molecule has 0 bridgehead atoms. The van der Waals surface area contributed by atoms with Crippen molar-refractivity contribution in [2.75, 3.05) is 25.6 Å². The third kappa shape index (κ3) is 3.59. The summed E-state index contributed by atoms with van der Waals surface area (Å²) >= 11 is 0. The average Bonchev–Trinajstić information content (AvgIpc) is 3.54. The van der Waals surface area contributed by atoms with E-state index >= 15 is 0 Å². The summed E-state index contributed by atoms with van der Waals surface area (Å²) in [6, 6.07) is 1.94. The molecule has 0 aromatic carbocycles. The van der Waals surface area contributed by atoms with E-state index in [9.17, 15) is 4.79 Å². The Balaban J connectivity index is 1.63. The number of ether oxygens (including phenoxy) is 1. The van der Waals surface area contributed by atoms with Gasteiger partial charge in [-0.3, -0.25) is 9.78 Å². The minimum Gasteiger partial charge on any atom is -0.379 e. The Bertz CT molecular complexity index is 1260. The van der Waals surface area contributed by atoms with Crippen molar-refractivity contribution in [2.24, 2.45) is 7.05 Å². The lowest BCUT2D eigenvalue weighted by molar-refractivity contribution is 0.0962.